The van der Waals surface area contributed by atoms with E-state index in [1.807, 2.05) is 11.8 Å². The van der Waals surface area contributed by atoms with Gasteiger partial charge in [0, 0.05) is 38.7 Å². The van der Waals surface area contributed by atoms with Gasteiger partial charge in [0.15, 0.2) is 5.82 Å². The van der Waals surface area contributed by atoms with Crippen LogP contribution in [-0.4, -0.2) is 66.4 Å². The van der Waals surface area contributed by atoms with Gasteiger partial charge in [-0.15, -0.1) is 0 Å². The second-order valence-electron chi connectivity index (χ2n) is 8.94. The van der Waals surface area contributed by atoms with Crippen LogP contribution in [0.5, 0.6) is 5.75 Å². The lowest BCUT2D eigenvalue weighted by atomic mass is 10.0. The molecule has 0 saturated carbocycles. The fraction of sp³-hybridized carbons (Fsp3) is 0.583. The first kappa shape index (κ1) is 22.9. The van der Waals surface area contributed by atoms with Gasteiger partial charge in [-0.25, -0.2) is 8.78 Å². The van der Waals surface area contributed by atoms with Crippen LogP contribution in [0.1, 0.15) is 43.5 Å². The standard InChI is InChI=1S/C24H31F2N5O3/c1-3-4-17-13-21-19(14-18(17)22(25)26)30(9-12-34-21)23-20-15-29(16(2)32)5-6-31(20)24(27-23)28-7-10-33-11-8-28/h13-14,22H,3-12,15H2,1-2H3. The zero-order valence-corrected chi connectivity index (χ0v) is 19.7. The maximum atomic E-state index is 14.0. The molecule has 10 heteroatoms. The summed E-state index contributed by atoms with van der Waals surface area (Å²) in [4.78, 5) is 23.2. The minimum absolute atomic E-state index is 0.0119. The third-order valence-corrected chi connectivity index (χ3v) is 6.80. The van der Waals surface area contributed by atoms with Crippen molar-refractivity contribution in [2.24, 2.45) is 0 Å². The van der Waals surface area contributed by atoms with Crippen LogP contribution in [0.15, 0.2) is 12.1 Å². The van der Waals surface area contributed by atoms with Crippen LogP contribution in [0, 0.1) is 0 Å². The number of anilines is 3. The van der Waals surface area contributed by atoms with Crippen molar-refractivity contribution in [3.05, 3.63) is 29.0 Å². The van der Waals surface area contributed by atoms with E-state index in [0.29, 0.717) is 75.2 Å². The highest BCUT2D eigenvalue weighted by Gasteiger charge is 2.33. The van der Waals surface area contributed by atoms with Crippen LogP contribution in [-0.2, 0) is 29.0 Å². The van der Waals surface area contributed by atoms with Gasteiger partial charge in [0.05, 0.1) is 37.7 Å². The van der Waals surface area contributed by atoms with Crippen LogP contribution >= 0.6 is 0 Å². The van der Waals surface area contributed by atoms with Crippen molar-refractivity contribution in [1.82, 2.24) is 14.5 Å². The average Bonchev–Trinajstić information content (AvgIpc) is 3.22. The quantitative estimate of drug-likeness (QED) is 0.660. The normalized spacial score (nSPS) is 18.1. The fourth-order valence-corrected chi connectivity index (χ4v) is 5.05. The second kappa shape index (κ2) is 9.40. The molecule has 5 rings (SSSR count). The summed E-state index contributed by atoms with van der Waals surface area (Å²) in [5.74, 6) is 2.17. The number of aryl methyl sites for hydroxylation is 1. The van der Waals surface area contributed by atoms with Gasteiger partial charge in [-0.2, -0.15) is 4.98 Å². The lowest BCUT2D eigenvalue weighted by Crippen LogP contribution is -2.41. The Bertz CT molecular complexity index is 1070. The van der Waals surface area contributed by atoms with Gasteiger partial charge in [0.1, 0.15) is 12.4 Å². The Kier molecular flexibility index (Phi) is 6.33. The van der Waals surface area contributed by atoms with Crippen molar-refractivity contribution in [1.29, 1.82) is 0 Å². The predicted molar refractivity (Wildman–Crippen MR) is 124 cm³/mol. The molecule has 8 nitrogen and oxygen atoms in total. The number of amides is 1. The molecule has 3 aliphatic heterocycles. The molecule has 0 unspecified atom stereocenters. The zero-order chi connectivity index (χ0) is 23.8. The number of morpholine rings is 1. The van der Waals surface area contributed by atoms with Gasteiger partial charge < -0.3 is 28.7 Å². The van der Waals surface area contributed by atoms with E-state index in [9.17, 15) is 13.6 Å². The van der Waals surface area contributed by atoms with Crippen LogP contribution in [0.3, 0.4) is 0 Å². The minimum atomic E-state index is -2.57. The lowest BCUT2D eigenvalue weighted by Gasteiger charge is -2.34. The maximum absolute atomic E-state index is 14.0. The van der Waals surface area contributed by atoms with Crippen LogP contribution < -0.4 is 14.5 Å². The second-order valence-corrected chi connectivity index (χ2v) is 8.94. The highest BCUT2D eigenvalue weighted by Crippen LogP contribution is 2.43. The molecule has 3 aliphatic rings. The Morgan fingerprint density at radius 2 is 1.91 bits per heavy atom. The van der Waals surface area contributed by atoms with E-state index in [-0.39, 0.29) is 11.5 Å². The first-order valence-corrected chi connectivity index (χ1v) is 12.0. The van der Waals surface area contributed by atoms with E-state index in [1.165, 1.54) is 0 Å². The van der Waals surface area contributed by atoms with E-state index in [2.05, 4.69) is 9.47 Å². The van der Waals surface area contributed by atoms with Crippen LogP contribution in [0.4, 0.5) is 26.2 Å². The van der Waals surface area contributed by atoms with E-state index in [0.717, 1.165) is 31.2 Å². The molecule has 1 saturated heterocycles. The number of halogens is 2. The summed E-state index contributed by atoms with van der Waals surface area (Å²) in [5, 5.41) is 0. The van der Waals surface area contributed by atoms with Crippen molar-refractivity contribution < 1.29 is 23.0 Å². The molecule has 0 spiro atoms. The number of benzene rings is 1. The molecule has 184 valence electrons. The summed E-state index contributed by atoms with van der Waals surface area (Å²) in [5.41, 5.74) is 2.20. The summed E-state index contributed by atoms with van der Waals surface area (Å²) >= 11 is 0. The highest BCUT2D eigenvalue weighted by molar-refractivity contribution is 5.76. The fourth-order valence-electron chi connectivity index (χ4n) is 5.05. The minimum Gasteiger partial charge on any atom is -0.490 e. The molecular formula is C24H31F2N5O3. The molecule has 34 heavy (non-hydrogen) atoms. The number of nitrogens with zero attached hydrogens (tertiary/aromatic N) is 5. The molecule has 0 radical (unpaired) electrons. The largest absolute Gasteiger partial charge is 0.490 e. The first-order valence-electron chi connectivity index (χ1n) is 12.0. The van der Waals surface area contributed by atoms with E-state index in [4.69, 9.17) is 14.5 Å². The van der Waals surface area contributed by atoms with Gasteiger partial charge in [-0.1, -0.05) is 13.3 Å². The monoisotopic (exact) mass is 475 g/mol. The van der Waals surface area contributed by atoms with Crippen molar-refractivity contribution in [3.63, 3.8) is 0 Å². The molecular weight excluding hydrogens is 444 g/mol. The lowest BCUT2D eigenvalue weighted by molar-refractivity contribution is -0.130. The maximum Gasteiger partial charge on any atom is 0.264 e. The number of alkyl halides is 2. The van der Waals surface area contributed by atoms with Gasteiger partial charge >= 0.3 is 0 Å². The number of carbonyl (C=O) groups is 1. The molecule has 0 N–H and O–H groups in total. The first-order chi connectivity index (χ1) is 16.5. The summed E-state index contributed by atoms with van der Waals surface area (Å²) in [7, 11) is 0. The number of ether oxygens (including phenoxy) is 2. The molecule has 2 aromatic rings. The topological polar surface area (TPSA) is 63.1 Å². The molecule has 1 amide bonds. The average molecular weight is 476 g/mol. The Morgan fingerprint density at radius 3 is 2.62 bits per heavy atom. The summed E-state index contributed by atoms with van der Waals surface area (Å²) in [6.45, 7) is 8.92. The third kappa shape index (κ3) is 4.08. The Hall–Kier alpha value is -2.88. The Balaban J connectivity index is 1.61. The predicted octanol–water partition coefficient (Wildman–Crippen LogP) is 3.50. The summed E-state index contributed by atoms with van der Waals surface area (Å²) < 4.78 is 41.5. The number of aromatic nitrogens is 2. The molecule has 1 aromatic heterocycles. The van der Waals surface area contributed by atoms with Gasteiger partial charge in [0.25, 0.3) is 6.43 Å². The number of rotatable bonds is 5. The van der Waals surface area contributed by atoms with Crippen LogP contribution in [0.2, 0.25) is 0 Å². The molecule has 1 fully saturated rings. The van der Waals surface area contributed by atoms with E-state index < -0.39 is 6.43 Å². The van der Waals surface area contributed by atoms with Crippen LogP contribution in [0.25, 0.3) is 0 Å². The smallest absolute Gasteiger partial charge is 0.264 e. The SMILES string of the molecule is CCCc1cc2c(cc1C(F)F)N(c1nc(N3CCOCC3)n3c1CN(C(C)=O)CC3)CCO2. The van der Waals surface area contributed by atoms with Gasteiger partial charge in [0.2, 0.25) is 11.9 Å². The van der Waals surface area contributed by atoms with Crippen molar-refractivity contribution >= 4 is 23.4 Å². The van der Waals surface area contributed by atoms with Crippen molar-refractivity contribution in [2.75, 3.05) is 55.8 Å². The zero-order valence-electron chi connectivity index (χ0n) is 19.7. The molecule has 0 aliphatic carbocycles. The number of fused-ring (bicyclic) bond motifs is 2. The summed E-state index contributed by atoms with van der Waals surface area (Å²) in [6.07, 6.45) is -1.21. The molecule has 1 aromatic carbocycles. The molecule has 4 heterocycles. The Labute approximate surface area is 198 Å². The highest BCUT2D eigenvalue weighted by atomic mass is 19.3. The van der Waals surface area contributed by atoms with E-state index in [1.54, 1.807) is 24.0 Å². The summed E-state index contributed by atoms with van der Waals surface area (Å²) in [6, 6.07) is 3.33. The molecule has 0 bridgehead atoms. The van der Waals surface area contributed by atoms with Gasteiger partial charge in [-0.05, 0) is 24.1 Å². The Morgan fingerprint density at radius 1 is 1.12 bits per heavy atom. The van der Waals surface area contributed by atoms with Crippen molar-refractivity contribution in [2.45, 2.75) is 46.2 Å². The number of hydrogen-bond donors (Lipinski definition) is 0. The van der Waals surface area contributed by atoms with Crippen molar-refractivity contribution in [3.8, 4) is 5.75 Å². The number of carbonyl (C=O) groups excluding carboxylic acids is 1. The number of imidazole rings is 1. The molecule has 0 atom stereocenters. The van der Waals surface area contributed by atoms with E-state index >= 15 is 0 Å². The number of hydrogen-bond acceptors (Lipinski definition) is 6. The van der Waals surface area contributed by atoms with Gasteiger partial charge in [-0.3, -0.25) is 4.79 Å². The third-order valence-electron chi connectivity index (χ3n) is 6.80.